The molecule has 0 saturated heterocycles. The van der Waals surface area contributed by atoms with E-state index in [9.17, 15) is 9.59 Å². The molecule has 2 aliphatic carbocycles. The predicted molar refractivity (Wildman–Crippen MR) is 178 cm³/mol. The number of rotatable bonds is 11. The maximum absolute atomic E-state index is 14.9. The van der Waals surface area contributed by atoms with E-state index in [4.69, 9.17) is 27.1 Å². The quantitative estimate of drug-likeness (QED) is 0.196. The summed E-state index contributed by atoms with van der Waals surface area (Å²) >= 11 is 6.57. The predicted octanol–water partition coefficient (Wildman–Crippen LogP) is 5.99. The van der Waals surface area contributed by atoms with Gasteiger partial charge >= 0.3 is 5.97 Å². The van der Waals surface area contributed by atoms with Crippen LogP contribution in [0.4, 0.5) is 0 Å². The number of benzene rings is 2. The first kappa shape index (κ1) is 31.1. The average molecular weight is 655 g/mol. The van der Waals surface area contributed by atoms with E-state index < -0.39 is 11.6 Å². The molecule has 0 unspecified atom stereocenters. The molecule has 47 heavy (non-hydrogen) atoms. The minimum absolute atomic E-state index is 0.0644. The van der Waals surface area contributed by atoms with E-state index in [0.29, 0.717) is 41.1 Å². The van der Waals surface area contributed by atoms with E-state index in [1.807, 2.05) is 47.3 Å². The van der Waals surface area contributed by atoms with E-state index in [2.05, 4.69) is 42.1 Å². The Labute approximate surface area is 278 Å². The molecule has 2 aromatic heterocycles. The molecule has 244 valence electrons. The molecule has 7 rings (SSSR count). The highest BCUT2D eigenvalue weighted by molar-refractivity contribution is 6.32. The second-order valence-corrected chi connectivity index (χ2v) is 14.6. The number of aliphatic imine (C=N–C) groups is 1. The van der Waals surface area contributed by atoms with Crippen LogP contribution in [0.2, 0.25) is 5.02 Å². The smallest absolute Gasteiger partial charge is 0.306 e. The SMILES string of the molecule is CC(C)(C)C[C@]1(c2ccc(-c3cnn(C4CC4)c3)cc2)N=C(N)N([C@H](COC(=O)CC2CC2)c2ccc(Cl)c(-n3cncn3)c2)C1=O. The van der Waals surface area contributed by atoms with Gasteiger partial charge in [-0.25, -0.2) is 14.7 Å². The Kier molecular flexibility index (Phi) is 7.90. The van der Waals surface area contributed by atoms with E-state index in [0.717, 1.165) is 42.4 Å². The monoisotopic (exact) mass is 654 g/mol. The summed E-state index contributed by atoms with van der Waals surface area (Å²) < 4.78 is 9.39. The minimum Gasteiger partial charge on any atom is -0.463 e. The molecule has 2 fully saturated rings. The van der Waals surface area contributed by atoms with Crippen LogP contribution in [0.1, 0.15) is 82.5 Å². The molecule has 4 aromatic rings. The second-order valence-electron chi connectivity index (χ2n) is 14.2. The lowest BCUT2D eigenvalue weighted by molar-refractivity contribution is -0.148. The first-order valence-electron chi connectivity index (χ1n) is 16.1. The lowest BCUT2D eigenvalue weighted by Crippen LogP contribution is -2.47. The Bertz CT molecular complexity index is 1820. The maximum atomic E-state index is 14.9. The van der Waals surface area contributed by atoms with Gasteiger partial charge in [0, 0.05) is 18.2 Å². The van der Waals surface area contributed by atoms with Gasteiger partial charge < -0.3 is 10.5 Å². The van der Waals surface area contributed by atoms with Crippen molar-refractivity contribution in [1.29, 1.82) is 0 Å². The van der Waals surface area contributed by atoms with E-state index in [1.54, 1.807) is 17.1 Å². The van der Waals surface area contributed by atoms with Gasteiger partial charge in [-0.3, -0.25) is 19.2 Å². The van der Waals surface area contributed by atoms with Crippen molar-refractivity contribution >= 4 is 29.4 Å². The number of ether oxygens (including phenoxy) is 1. The van der Waals surface area contributed by atoms with Crippen molar-refractivity contribution < 1.29 is 14.3 Å². The maximum Gasteiger partial charge on any atom is 0.306 e. The molecular formula is C35H39ClN8O3. The summed E-state index contributed by atoms with van der Waals surface area (Å²) in [5.74, 6) is -0.151. The number of aromatic nitrogens is 5. The highest BCUT2D eigenvalue weighted by Gasteiger charge is 2.53. The normalized spacial score (nSPS) is 20.4. The number of nitrogens with zero attached hydrogens (tertiary/aromatic N) is 7. The molecule has 3 heterocycles. The van der Waals surface area contributed by atoms with Crippen molar-refractivity contribution in [2.24, 2.45) is 22.1 Å². The van der Waals surface area contributed by atoms with E-state index >= 15 is 0 Å². The van der Waals surface area contributed by atoms with Crippen LogP contribution in [0.3, 0.4) is 0 Å². The average Bonchev–Trinajstić information content (AvgIpc) is 3.91. The summed E-state index contributed by atoms with van der Waals surface area (Å²) in [6.45, 7) is 6.15. The molecular weight excluding hydrogens is 616 g/mol. The van der Waals surface area contributed by atoms with Gasteiger partial charge in [-0.2, -0.15) is 10.2 Å². The molecule has 2 atom stereocenters. The summed E-state index contributed by atoms with van der Waals surface area (Å²) in [7, 11) is 0. The molecule has 2 saturated carbocycles. The number of amides is 1. The van der Waals surface area contributed by atoms with Gasteiger partial charge in [0.15, 0.2) is 11.5 Å². The van der Waals surface area contributed by atoms with Gasteiger partial charge in [-0.1, -0.05) is 62.7 Å². The largest absolute Gasteiger partial charge is 0.463 e. The zero-order valence-corrected chi connectivity index (χ0v) is 27.6. The van der Waals surface area contributed by atoms with Crippen LogP contribution >= 0.6 is 11.6 Å². The standard InChI is InChI=1S/C35H39ClN8O3/c1-34(2,3)19-35(26-9-6-23(7-10-26)25-16-39-42(17-25)27-11-12-27)32(46)44(33(37)41-35)30(18-47-31(45)14-22-4-5-22)24-8-13-28(36)29(15-24)43-21-38-20-40-43/h6-10,13,15-17,20-22,27,30H,4-5,11-12,14,18-19H2,1-3H3,(H2,37,41)/t30-,35-/m1/s1. The van der Waals surface area contributed by atoms with Crippen LogP contribution in [-0.2, 0) is 19.9 Å². The fourth-order valence-corrected chi connectivity index (χ4v) is 6.60. The fraction of sp³-hybridized carbons (Fsp3) is 0.429. The lowest BCUT2D eigenvalue weighted by atomic mass is 9.75. The zero-order chi connectivity index (χ0) is 32.9. The van der Waals surface area contributed by atoms with Crippen LogP contribution in [0.25, 0.3) is 16.8 Å². The summed E-state index contributed by atoms with van der Waals surface area (Å²) in [4.78, 5) is 38.2. The number of hydrogen-bond acceptors (Lipinski definition) is 8. The van der Waals surface area contributed by atoms with Gasteiger partial charge in [0.1, 0.15) is 19.3 Å². The molecule has 3 aliphatic rings. The molecule has 0 radical (unpaired) electrons. The molecule has 1 aliphatic heterocycles. The number of nitrogens with two attached hydrogens (primary N) is 1. The third-order valence-corrected chi connectivity index (χ3v) is 9.34. The number of esters is 1. The Morgan fingerprint density at radius 1 is 1.09 bits per heavy atom. The topological polar surface area (TPSA) is 134 Å². The van der Waals surface area contributed by atoms with E-state index in [1.165, 1.54) is 11.2 Å². The van der Waals surface area contributed by atoms with Gasteiger partial charge in [-0.15, -0.1) is 0 Å². The van der Waals surface area contributed by atoms with Crippen molar-refractivity contribution in [1.82, 2.24) is 29.4 Å². The Hall–Kier alpha value is -4.51. The summed E-state index contributed by atoms with van der Waals surface area (Å²) in [5.41, 5.74) is 9.15. The molecule has 0 bridgehead atoms. The zero-order valence-electron chi connectivity index (χ0n) is 26.8. The Balaban J connectivity index is 1.25. The van der Waals surface area contributed by atoms with Gasteiger partial charge in [0.05, 0.1) is 29.0 Å². The third kappa shape index (κ3) is 6.41. The van der Waals surface area contributed by atoms with Gasteiger partial charge in [0.25, 0.3) is 5.91 Å². The highest BCUT2D eigenvalue weighted by Crippen LogP contribution is 2.45. The number of carbonyl (C=O) groups excluding carboxylic acids is 2. The number of carbonyl (C=O) groups is 2. The molecule has 0 spiro atoms. The van der Waals surface area contributed by atoms with Gasteiger partial charge in [0.2, 0.25) is 0 Å². The summed E-state index contributed by atoms with van der Waals surface area (Å²) in [6.07, 6.45) is 12.1. The molecule has 2 aromatic carbocycles. The first-order valence-corrected chi connectivity index (χ1v) is 16.5. The van der Waals surface area contributed by atoms with Crippen molar-refractivity contribution in [3.8, 4) is 16.8 Å². The van der Waals surface area contributed by atoms with Crippen LogP contribution < -0.4 is 5.73 Å². The molecule has 2 N–H and O–H groups in total. The Morgan fingerprint density at radius 2 is 1.85 bits per heavy atom. The van der Waals surface area contributed by atoms with Crippen molar-refractivity contribution in [2.75, 3.05) is 6.61 Å². The molecule has 1 amide bonds. The fourth-order valence-electron chi connectivity index (χ4n) is 6.39. The molecule has 11 nitrogen and oxygen atoms in total. The van der Waals surface area contributed by atoms with Gasteiger partial charge in [-0.05, 0) is 72.3 Å². The third-order valence-electron chi connectivity index (χ3n) is 9.02. The van der Waals surface area contributed by atoms with Crippen molar-refractivity contribution in [3.05, 3.63) is 83.7 Å². The van der Waals surface area contributed by atoms with Crippen LogP contribution in [0, 0.1) is 11.3 Å². The number of hydrogen-bond donors (Lipinski definition) is 1. The van der Waals surface area contributed by atoms with Crippen molar-refractivity contribution in [3.63, 3.8) is 0 Å². The van der Waals surface area contributed by atoms with Crippen LogP contribution in [0.15, 0.2) is 72.5 Å². The summed E-state index contributed by atoms with van der Waals surface area (Å²) in [5, 5.41) is 9.22. The Morgan fingerprint density at radius 3 is 2.51 bits per heavy atom. The lowest BCUT2D eigenvalue weighted by Gasteiger charge is -2.35. The minimum atomic E-state index is -1.28. The molecule has 12 heteroatoms. The number of halogens is 1. The van der Waals surface area contributed by atoms with Crippen LogP contribution in [0.5, 0.6) is 0 Å². The first-order chi connectivity index (χ1) is 22.5. The second kappa shape index (κ2) is 11.9. The summed E-state index contributed by atoms with van der Waals surface area (Å²) in [6, 6.07) is 13.0. The highest BCUT2D eigenvalue weighted by atomic mass is 35.5. The van der Waals surface area contributed by atoms with Crippen molar-refractivity contribution in [2.45, 2.75) is 76.9 Å². The van der Waals surface area contributed by atoms with E-state index in [-0.39, 0.29) is 29.9 Å². The van der Waals surface area contributed by atoms with Crippen LogP contribution in [-0.4, -0.2) is 53.9 Å². The number of guanidine groups is 1.